The fraction of sp³-hybridized carbons (Fsp3) is 0.625. The van der Waals surface area contributed by atoms with Crippen molar-refractivity contribution < 1.29 is 0 Å². The molecule has 0 amide bonds. The van der Waals surface area contributed by atoms with E-state index in [2.05, 4.69) is 11.1 Å². The second-order valence-corrected chi connectivity index (χ2v) is 2.48. The molecule has 1 aliphatic rings. The van der Waals surface area contributed by atoms with Crippen LogP contribution in [-0.4, -0.2) is 13.3 Å². The molecule has 0 radical (unpaired) electrons. The van der Waals surface area contributed by atoms with Gasteiger partial charge in [0.25, 0.3) is 0 Å². The third-order valence-electron chi connectivity index (χ3n) is 1.77. The minimum atomic E-state index is 0.864. The zero-order valence-electron chi connectivity index (χ0n) is 5.88. The zero-order chi connectivity index (χ0) is 6.53. The third kappa shape index (κ3) is 2.00. The molecule has 1 aliphatic carbocycles. The summed E-state index contributed by atoms with van der Waals surface area (Å²) in [5.74, 6) is 0.864. The molecule has 0 bridgehead atoms. The SMILES string of the molecule is C/N=C\C=C\C1CCC1. The van der Waals surface area contributed by atoms with E-state index in [0.717, 1.165) is 5.92 Å². The van der Waals surface area contributed by atoms with Crippen LogP contribution in [0.15, 0.2) is 17.1 Å². The van der Waals surface area contributed by atoms with E-state index >= 15 is 0 Å². The molecule has 0 aromatic heterocycles. The predicted molar refractivity (Wildman–Crippen MR) is 40.9 cm³/mol. The molecular weight excluding hydrogens is 110 g/mol. The van der Waals surface area contributed by atoms with E-state index in [9.17, 15) is 0 Å². The smallest absolute Gasteiger partial charge is 0.0277 e. The fourth-order valence-corrected chi connectivity index (χ4v) is 0.925. The molecule has 1 saturated carbocycles. The van der Waals surface area contributed by atoms with Crippen LogP contribution in [0.3, 0.4) is 0 Å². The lowest BCUT2D eigenvalue weighted by molar-refractivity contribution is 0.388. The first-order valence-electron chi connectivity index (χ1n) is 3.52. The molecule has 0 aliphatic heterocycles. The Balaban J connectivity index is 2.14. The lowest BCUT2D eigenvalue weighted by Crippen LogP contribution is -2.06. The highest BCUT2D eigenvalue weighted by Crippen LogP contribution is 2.26. The van der Waals surface area contributed by atoms with Crippen LogP contribution in [0.5, 0.6) is 0 Å². The number of rotatable bonds is 2. The molecule has 0 aromatic rings. The van der Waals surface area contributed by atoms with Crippen molar-refractivity contribution in [1.82, 2.24) is 0 Å². The molecule has 9 heavy (non-hydrogen) atoms. The lowest BCUT2D eigenvalue weighted by atomic mass is 9.85. The monoisotopic (exact) mass is 123 g/mol. The Labute approximate surface area is 56.5 Å². The summed E-state index contributed by atoms with van der Waals surface area (Å²) in [6, 6.07) is 0. The van der Waals surface area contributed by atoms with E-state index in [1.54, 1.807) is 7.05 Å². The second-order valence-electron chi connectivity index (χ2n) is 2.48. The Morgan fingerprint density at radius 2 is 2.22 bits per heavy atom. The standard InChI is InChI=1S/C8H13N/c1-9-7-3-6-8-4-2-5-8/h3,6-8H,2,4-5H2,1H3/b6-3+,9-7-. The van der Waals surface area contributed by atoms with E-state index in [1.807, 2.05) is 12.3 Å². The minimum Gasteiger partial charge on any atom is -0.297 e. The maximum absolute atomic E-state index is 3.85. The number of nitrogens with zero attached hydrogens (tertiary/aromatic N) is 1. The van der Waals surface area contributed by atoms with Gasteiger partial charge in [-0.05, 0) is 24.8 Å². The van der Waals surface area contributed by atoms with E-state index < -0.39 is 0 Å². The van der Waals surface area contributed by atoms with Gasteiger partial charge in [0.15, 0.2) is 0 Å². The molecule has 0 atom stereocenters. The summed E-state index contributed by atoms with van der Waals surface area (Å²) >= 11 is 0. The largest absolute Gasteiger partial charge is 0.297 e. The highest BCUT2D eigenvalue weighted by Gasteiger charge is 2.12. The van der Waals surface area contributed by atoms with E-state index in [0.29, 0.717) is 0 Å². The van der Waals surface area contributed by atoms with Crippen LogP contribution < -0.4 is 0 Å². The lowest BCUT2D eigenvalue weighted by Gasteiger charge is -2.20. The van der Waals surface area contributed by atoms with Crippen molar-refractivity contribution >= 4 is 6.21 Å². The van der Waals surface area contributed by atoms with Crippen LogP contribution in [0.1, 0.15) is 19.3 Å². The fourth-order valence-electron chi connectivity index (χ4n) is 0.925. The predicted octanol–water partition coefficient (Wildman–Crippen LogP) is 2.04. The first-order chi connectivity index (χ1) is 4.43. The summed E-state index contributed by atoms with van der Waals surface area (Å²) in [6.07, 6.45) is 10.3. The normalized spacial score (nSPS) is 21.4. The van der Waals surface area contributed by atoms with Crippen LogP contribution >= 0.6 is 0 Å². The van der Waals surface area contributed by atoms with Gasteiger partial charge in [-0.3, -0.25) is 4.99 Å². The number of allylic oxidation sites excluding steroid dienone is 2. The van der Waals surface area contributed by atoms with Gasteiger partial charge in [-0.1, -0.05) is 12.5 Å². The molecule has 1 fully saturated rings. The minimum absolute atomic E-state index is 0.864. The number of hydrogen-bond acceptors (Lipinski definition) is 1. The van der Waals surface area contributed by atoms with Crippen LogP contribution in [0.4, 0.5) is 0 Å². The zero-order valence-corrected chi connectivity index (χ0v) is 5.88. The van der Waals surface area contributed by atoms with Gasteiger partial charge in [0.2, 0.25) is 0 Å². The Hall–Kier alpha value is -0.590. The summed E-state index contributed by atoms with van der Waals surface area (Å²) in [6.45, 7) is 0. The van der Waals surface area contributed by atoms with Gasteiger partial charge in [0, 0.05) is 13.3 Å². The molecule has 0 N–H and O–H groups in total. The first kappa shape index (κ1) is 6.53. The van der Waals surface area contributed by atoms with Crippen molar-refractivity contribution in [1.29, 1.82) is 0 Å². The highest BCUT2D eigenvalue weighted by molar-refractivity contribution is 5.70. The van der Waals surface area contributed by atoms with Crippen LogP contribution in [0.25, 0.3) is 0 Å². The third-order valence-corrected chi connectivity index (χ3v) is 1.77. The Morgan fingerprint density at radius 3 is 2.67 bits per heavy atom. The number of hydrogen-bond donors (Lipinski definition) is 0. The average molecular weight is 123 g/mol. The molecule has 1 nitrogen and oxygen atoms in total. The van der Waals surface area contributed by atoms with Crippen molar-refractivity contribution in [3.05, 3.63) is 12.2 Å². The van der Waals surface area contributed by atoms with E-state index in [1.165, 1.54) is 19.3 Å². The second kappa shape index (κ2) is 3.44. The van der Waals surface area contributed by atoms with Gasteiger partial charge in [0.1, 0.15) is 0 Å². The molecule has 0 aromatic carbocycles. The summed E-state index contributed by atoms with van der Waals surface area (Å²) in [7, 11) is 1.80. The summed E-state index contributed by atoms with van der Waals surface area (Å²) < 4.78 is 0. The molecule has 50 valence electrons. The molecule has 0 spiro atoms. The molecule has 0 unspecified atom stereocenters. The maximum atomic E-state index is 3.85. The number of aliphatic imine (C=N–C) groups is 1. The van der Waals surface area contributed by atoms with E-state index in [4.69, 9.17) is 0 Å². The topological polar surface area (TPSA) is 12.4 Å². The quantitative estimate of drug-likeness (QED) is 0.498. The molecule has 1 rings (SSSR count). The van der Waals surface area contributed by atoms with Gasteiger partial charge in [-0.25, -0.2) is 0 Å². The Bertz CT molecular complexity index is 121. The van der Waals surface area contributed by atoms with Gasteiger partial charge < -0.3 is 0 Å². The Kier molecular flexibility index (Phi) is 2.49. The molecule has 0 saturated heterocycles. The highest BCUT2D eigenvalue weighted by atomic mass is 14.6. The van der Waals surface area contributed by atoms with Crippen LogP contribution in [0.2, 0.25) is 0 Å². The molecule has 0 heterocycles. The van der Waals surface area contributed by atoms with Crippen LogP contribution in [-0.2, 0) is 0 Å². The van der Waals surface area contributed by atoms with Gasteiger partial charge in [-0.15, -0.1) is 0 Å². The van der Waals surface area contributed by atoms with Gasteiger partial charge in [0.05, 0.1) is 0 Å². The van der Waals surface area contributed by atoms with E-state index in [-0.39, 0.29) is 0 Å². The van der Waals surface area contributed by atoms with Crippen LogP contribution in [0, 0.1) is 5.92 Å². The van der Waals surface area contributed by atoms with Crippen molar-refractivity contribution in [3.63, 3.8) is 0 Å². The first-order valence-corrected chi connectivity index (χ1v) is 3.52. The summed E-state index contributed by atoms with van der Waals surface area (Å²) in [5, 5.41) is 0. The molecular formula is C8H13N. The van der Waals surface area contributed by atoms with Gasteiger partial charge in [-0.2, -0.15) is 0 Å². The Morgan fingerprint density at radius 1 is 1.44 bits per heavy atom. The molecule has 1 heteroatoms. The van der Waals surface area contributed by atoms with Crippen molar-refractivity contribution in [2.24, 2.45) is 10.9 Å². The van der Waals surface area contributed by atoms with Crippen molar-refractivity contribution in [2.45, 2.75) is 19.3 Å². The average Bonchev–Trinajstić information content (AvgIpc) is 1.76. The summed E-state index contributed by atoms with van der Waals surface area (Å²) in [5.41, 5.74) is 0. The summed E-state index contributed by atoms with van der Waals surface area (Å²) in [4.78, 5) is 3.85. The van der Waals surface area contributed by atoms with Gasteiger partial charge >= 0.3 is 0 Å². The van der Waals surface area contributed by atoms with Crippen molar-refractivity contribution in [2.75, 3.05) is 7.05 Å². The maximum Gasteiger partial charge on any atom is 0.0277 e. The van der Waals surface area contributed by atoms with Crippen molar-refractivity contribution in [3.8, 4) is 0 Å².